The molecule has 1 rings (SSSR count). The standard InChI is InChI=1S/C11H20N2O2/c1-10(2)14-6-4-3-5-12-7-11-8-13-9-15-11/h8-10,12H,3-7H2,1-2H3. The molecule has 0 atom stereocenters. The van der Waals surface area contributed by atoms with E-state index in [2.05, 4.69) is 24.1 Å². The minimum Gasteiger partial charge on any atom is -0.447 e. The molecular weight excluding hydrogens is 192 g/mol. The van der Waals surface area contributed by atoms with Gasteiger partial charge in [0.25, 0.3) is 0 Å². The Labute approximate surface area is 91.0 Å². The lowest BCUT2D eigenvalue weighted by atomic mass is 10.3. The van der Waals surface area contributed by atoms with Crippen molar-refractivity contribution in [3.63, 3.8) is 0 Å². The number of oxazole rings is 1. The zero-order valence-corrected chi connectivity index (χ0v) is 9.53. The molecule has 1 N–H and O–H groups in total. The average Bonchev–Trinajstić information content (AvgIpc) is 2.68. The Kier molecular flexibility index (Phi) is 6.04. The van der Waals surface area contributed by atoms with Gasteiger partial charge in [0.2, 0.25) is 0 Å². The Balaban J connectivity index is 1.85. The lowest BCUT2D eigenvalue weighted by Gasteiger charge is -2.07. The maximum absolute atomic E-state index is 5.44. The quantitative estimate of drug-likeness (QED) is 0.669. The van der Waals surface area contributed by atoms with E-state index in [4.69, 9.17) is 9.15 Å². The summed E-state index contributed by atoms with van der Waals surface area (Å²) in [6.07, 6.45) is 5.75. The maximum atomic E-state index is 5.44. The van der Waals surface area contributed by atoms with Crippen LogP contribution in [-0.4, -0.2) is 24.2 Å². The molecule has 0 unspecified atom stereocenters. The van der Waals surface area contributed by atoms with Gasteiger partial charge in [0.15, 0.2) is 6.39 Å². The van der Waals surface area contributed by atoms with Gasteiger partial charge in [-0.2, -0.15) is 0 Å². The second-order valence-electron chi connectivity index (χ2n) is 3.77. The van der Waals surface area contributed by atoms with Crippen LogP contribution in [0.25, 0.3) is 0 Å². The lowest BCUT2D eigenvalue weighted by molar-refractivity contribution is 0.0760. The Morgan fingerprint density at radius 2 is 2.33 bits per heavy atom. The SMILES string of the molecule is CC(C)OCCCCNCc1cnco1. The van der Waals surface area contributed by atoms with E-state index in [0.717, 1.165) is 38.3 Å². The summed E-state index contributed by atoms with van der Waals surface area (Å²) >= 11 is 0. The summed E-state index contributed by atoms with van der Waals surface area (Å²) in [7, 11) is 0. The summed E-state index contributed by atoms with van der Waals surface area (Å²) in [5, 5.41) is 3.29. The van der Waals surface area contributed by atoms with Gasteiger partial charge in [0, 0.05) is 6.61 Å². The Morgan fingerprint density at radius 1 is 1.47 bits per heavy atom. The molecule has 1 heterocycles. The Bertz CT molecular complexity index is 235. The van der Waals surface area contributed by atoms with Gasteiger partial charge >= 0.3 is 0 Å². The normalized spacial score (nSPS) is 11.1. The van der Waals surface area contributed by atoms with Crippen LogP contribution in [0.2, 0.25) is 0 Å². The first-order valence-electron chi connectivity index (χ1n) is 5.48. The van der Waals surface area contributed by atoms with Crippen molar-refractivity contribution in [2.24, 2.45) is 0 Å². The molecular formula is C11H20N2O2. The Hall–Kier alpha value is -0.870. The van der Waals surface area contributed by atoms with Crippen LogP contribution in [0.3, 0.4) is 0 Å². The molecule has 86 valence electrons. The minimum atomic E-state index is 0.340. The number of nitrogens with zero attached hydrogens (tertiary/aromatic N) is 1. The van der Waals surface area contributed by atoms with E-state index in [9.17, 15) is 0 Å². The number of unbranched alkanes of at least 4 members (excludes halogenated alkanes) is 1. The van der Waals surface area contributed by atoms with E-state index in [-0.39, 0.29) is 0 Å². The van der Waals surface area contributed by atoms with Gasteiger partial charge in [0.1, 0.15) is 5.76 Å². The monoisotopic (exact) mass is 212 g/mol. The van der Waals surface area contributed by atoms with Crippen LogP contribution < -0.4 is 5.32 Å². The van der Waals surface area contributed by atoms with Crippen LogP contribution in [0.15, 0.2) is 17.0 Å². The number of nitrogens with one attached hydrogen (secondary N) is 1. The topological polar surface area (TPSA) is 47.3 Å². The fourth-order valence-corrected chi connectivity index (χ4v) is 1.21. The second kappa shape index (κ2) is 7.43. The summed E-state index contributed by atoms with van der Waals surface area (Å²) in [6.45, 7) is 6.71. The minimum absolute atomic E-state index is 0.340. The highest BCUT2D eigenvalue weighted by molar-refractivity contribution is 4.86. The highest BCUT2D eigenvalue weighted by atomic mass is 16.5. The van der Waals surface area contributed by atoms with Crippen molar-refractivity contribution in [3.8, 4) is 0 Å². The molecule has 0 bridgehead atoms. The van der Waals surface area contributed by atoms with Crippen LogP contribution in [0.4, 0.5) is 0 Å². The van der Waals surface area contributed by atoms with Crippen LogP contribution in [-0.2, 0) is 11.3 Å². The molecule has 4 nitrogen and oxygen atoms in total. The van der Waals surface area contributed by atoms with Crippen molar-refractivity contribution in [1.82, 2.24) is 10.3 Å². The predicted octanol–water partition coefficient (Wildman–Crippen LogP) is 1.97. The Morgan fingerprint density at radius 3 is 3.00 bits per heavy atom. The van der Waals surface area contributed by atoms with E-state index in [1.54, 1.807) is 6.20 Å². The molecule has 0 aromatic carbocycles. The van der Waals surface area contributed by atoms with Crippen LogP contribution >= 0.6 is 0 Å². The molecule has 0 aliphatic rings. The largest absolute Gasteiger partial charge is 0.447 e. The van der Waals surface area contributed by atoms with Gasteiger partial charge in [-0.05, 0) is 33.2 Å². The summed E-state index contributed by atoms with van der Waals surface area (Å²) < 4.78 is 10.5. The first kappa shape index (κ1) is 12.2. The number of rotatable bonds is 8. The number of ether oxygens (including phenoxy) is 1. The highest BCUT2D eigenvalue weighted by Crippen LogP contribution is 1.96. The van der Waals surface area contributed by atoms with Crippen molar-refractivity contribution >= 4 is 0 Å². The molecule has 0 fully saturated rings. The third kappa shape index (κ3) is 6.25. The molecule has 0 aliphatic carbocycles. The predicted molar refractivity (Wildman–Crippen MR) is 58.5 cm³/mol. The molecule has 0 amide bonds. The van der Waals surface area contributed by atoms with Gasteiger partial charge in [0.05, 0.1) is 18.8 Å². The molecule has 0 saturated heterocycles. The first-order chi connectivity index (χ1) is 7.29. The molecule has 0 radical (unpaired) electrons. The van der Waals surface area contributed by atoms with E-state index in [0.29, 0.717) is 6.10 Å². The third-order valence-corrected chi connectivity index (χ3v) is 1.98. The van der Waals surface area contributed by atoms with Gasteiger partial charge < -0.3 is 14.5 Å². The van der Waals surface area contributed by atoms with Gasteiger partial charge in [-0.1, -0.05) is 0 Å². The molecule has 0 saturated carbocycles. The van der Waals surface area contributed by atoms with Gasteiger partial charge in [-0.25, -0.2) is 4.98 Å². The smallest absolute Gasteiger partial charge is 0.180 e. The van der Waals surface area contributed by atoms with E-state index >= 15 is 0 Å². The van der Waals surface area contributed by atoms with Gasteiger partial charge in [-0.15, -0.1) is 0 Å². The van der Waals surface area contributed by atoms with E-state index in [1.165, 1.54) is 6.39 Å². The zero-order chi connectivity index (χ0) is 10.9. The number of hydrogen-bond donors (Lipinski definition) is 1. The van der Waals surface area contributed by atoms with Crippen LogP contribution in [0.1, 0.15) is 32.4 Å². The van der Waals surface area contributed by atoms with E-state index in [1.807, 2.05) is 0 Å². The number of hydrogen-bond acceptors (Lipinski definition) is 4. The first-order valence-corrected chi connectivity index (χ1v) is 5.48. The van der Waals surface area contributed by atoms with Crippen molar-refractivity contribution < 1.29 is 9.15 Å². The summed E-state index contributed by atoms with van der Waals surface area (Å²) in [5.41, 5.74) is 0. The maximum Gasteiger partial charge on any atom is 0.180 e. The van der Waals surface area contributed by atoms with Gasteiger partial charge in [-0.3, -0.25) is 0 Å². The third-order valence-electron chi connectivity index (χ3n) is 1.98. The summed E-state index contributed by atoms with van der Waals surface area (Å²) in [5.74, 6) is 0.883. The van der Waals surface area contributed by atoms with Crippen molar-refractivity contribution in [1.29, 1.82) is 0 Å². The molecule has 1 aromatic heterocycles. The number of aromatic nitrogens is 1. The van der Waals surface area contributed by atoms with Crippen LogP contribution in [0.5, 0.6) is 0 Å². The second-order valence-corrected chi connectivity index (χ2v) is 3.77. The molecule has 0 spiro atoms. The van der Waals surface area contributed by atoms with Crippen molar-refractivity contribution in [2.45, 2.75) is 39.3 Å². The molecule has 0 aliphatic heterocycles. The molecule has 1 aromatic rings. The van der Waals surface area contributed by atoms with Crippen LogP contribution in [0, 0.1) is 0 Å². The summed E-state index contributed by atoms with van der Waals surface area (Å²) in [4.78, 5) is 3.84. The lowest BCUT2D eigenvalue weighted by Crippen LogP contribution is -2.15. The molecule has 4 heteroatoms. The zero-order valence-electron chi connectivity index (χ0n) is 9.53. The average molecular weight is 212 g/mol. The fourth-order valence-electron chi connectivity index (χ4n) is 1.21. The molecule has 15 heavy (non-hydrogen) atoms. The summed E-state index contributed by atoms with van der Waals surface area (Å²) in [6, 6.07) is 0. The van der Waals surface area contributed by atoms with Crippen molar-refractivity contribution in [3.05, 3.63) is 18.4 Å². The fraction of sp³-hybridized carbons (Fsp3) is 0.727. The van der Waals surface area contributed by atoms with Crippen molar-refractivity contribution in [2.75, 3.05) is 13.2 Å². The van der Waals surface area contributed by atoms with E-state index < -0.39 is 0 Å². The highest BCUT2D eigenvalue weighted by Gasteiger charge is 1.96.